The van der Waals surface area contributed by atoms with E-state index in [-0.39, 0.29) is 0 Å². The van der Waals surface area contributed by atoms with E-state index >= 15 is 0 Å². The SMILES string of the molecule is O=C(O)C(=O)O.O=C=NS.O=C=NS.O=P(O)(O)O. The van der Waals surface area contributed by atoms with Crippen molar-refractivity contribution in [1.82, 2.24) is 0 Å². The summed E-state index contributed by atoms with van der Waals surface area (Å²) >= 11 is 6.24. The quantitative estimate of drug-likeness (QED) is 0.0898. The van der Waals surface area contributed by atoms with Gasteiger partial charge in [0, 0.05) is 0 Å². The van der Waals surface area contributed by atoms with Gasteiger partial charge >= 0.3 is 19.8 Å². The van der Waals surface area contributed by atoms with Crippen LogP contribution in [0.2, 0.25) is 0 Å². The standard InChI is InChI=1S/C2H2O4.2CHNOS.H3O4P/c3-1(4)2(5)6;2*3-1-2-4;1-5(2,3)4/h(H,3,4)(H,5,6);2*4H;(H3,1,2,3,4). The minimum atomic E-state index is -4.64. The average molecular weight is 338 g/mol. The number of aliphatic carboxylic acids is 2. The van der Waals surface area contributed by atoms with Gasteiger partial charge in [-0.05, 0) is 25.6 Å². The Morgan fingerprint density at radius 3 is 1.00 bits per heavy atom. The number of phosphoric acid groups is 1. The third-order valence-electron chi connectivity index (χ3n) is 0.265. The first-order valence-corrected chi connectivity index (χ1v) is 5.51. The van der Waals surface area contributed by atoms with E-state index in [1.165, 1.54) is 12.2 Å². The molecule has 110 valence electrons. The first-order valence-electron chi connectivity index (χ1n) is 3.14. The largest absolute Gasteiger partial charge is 0.473 e. The van der Waals surface area contributed by atoms with Crippen LogP contribution in [0, 0.1) is 0 Å². The molecule has 12 nitrogen and oxygen atoms in total. The van der Waals surface area contributed by atoms with E-state index in [0.29, 0.717) is 0 Å². The fraction of sp³-hybridized carbons (Fsp3) is 0. The number of rotatable bonds is 0. The molecule has 0 fully saturated rings. The molecule has 0 radical (unpaired) electrons. The third-order valence-corrected chi connectivity index (χ3v) is 0.428. The van der Waals surface area contributed by atoms with Crippen LogP contribution in [0.25, 0.3) is 0 Å². The van der Waals surface area contributed by atoms with Crippen LogP contribution >= 0.6 is 33.5 Å². The highest BCUT2D eigenvalue weighted by molar-refractivity contribution is 7.79. The Bertz CT molecular complexity index is 358. The zero-order chi connectivity index (χ0) is 16.5. The number of carboxylic acid groups (broad SMARTS) is 2. The molecule has 0 aromatic carbocycles. The minimum Gasteiger partial charge on any atom is -0.473 e. The van der Waals surface area contributed by atoms with Crippen molar-refractivity contribution in [2.24, 2.45) is 8.80 Å². The summed E-state index contributed by atoms with van der Waals surface area (Å²) in [5, 5.41) is 14.8. The maximum Gasteiger partial charge on any atom is 0.466 e. The molecule has 0 heterocycles. The predicted octanol–water partition coefficient (Wildman–Crippen LogP) is -1.44. The Morgan fingerprint density at radius 2 is 1.00 bits per heavy atom. The van der Waals surface area contributed by atoms with Crippen molar-refractivity contribution in [2.45, 2.75) is 0 Å². The van der Waals surface area contributed by atoms with Crippen LogP contribution in [0.5, 0.6) is 0 Å². The second kappa shape index (κ2) is 18.9. The fourth-order valence-electron chi connectivity index (χ4n) is 0. The summed E-state index contributed by atoms with van der Waals surface area (Å²) < 4.78 is 14.1. The average Bonchev–Trinajstić information content (AvgIpc) is 2.27. The number of thiol groups is 2. The molecule has 0 aromatic rings. The number of hydrogen-bond donors (Lipinski definition) is 7. The van der Waals surface area contributed by atoms with Crippen LogP contribution in [-0.4, -0.2) is 49.0 Å². The summed E-state index contributed by atoms with van der Waals surface area (Å²) in [5.74, 6) is -3.65. The molecule has 19 heavy (non-hydrogen) atoms. The predicted molar refractivity (Wildman–Crippen MR) is 63.7 cm³/mol. The molecule has 0 aliphatic heterocycles. The van der Waals surface area contributed by atoms with Crippen LogP contribution in [-0.2, 0) is 23.7 Å². The summed E-state index contributed by atoms with van der Waals surface area (Å²) in [4.78, 5) is 57.4. The molecule has 0 atom stereocenters. The van der Waals surface area contributed by atoms with Crippen molar-refractivity contribution in [3.8, 4) is 0 Å². The molecule has 0 rings (SSSR count). The lowest BCUT2D eigenvalue weighted by Crippen LogP contribution is -2.09. The number of carbonyl (C=O) groups excluding carboxylic acids is 2. The van der Waals surface area contributed by atoms with Crippen molar-refractivity contribution in [2.75, 3.05) is 0 Å². The number of carboxylic acids is 2. The highest BCUT2D eigenvalue weighted by Crippen LogP contribution is 2.25. The monoisotopic (exact) mass is 338 g/mol. The van der Waals surface area contributed by atoms with Crippen molar-refractivity contribution < 1.29 is 48.6 Å². The lowest BCUT2D eigenvalue weighted by Gasteiger charge is -1.82. The Labute approximate surface area is 115 Å². The fourth-order valence-corrected chi connectivity index (χ4v) is 0. The van der Waals surface area contributed by atoms with Crippen LogP contribution < -0.4 is 0 Å². The highest BCUT2D eigenvalue weighted by Gasteiger charge is 2.04. The molecular formula is C4H7N2O10PS2. The molecule has 0 bridgehead atoms. The molecule has 0 spiro atoms. The molecule has 0 aliphatic carbocycles. The molecule has 0 amide bonds. The Hall–Kier alpha value is -1.49. The summed E-state index contributed by atoms with van der Waals surface area (Å²) in [7, 11) is -4.64. The molecule has 0 unspecified atom stereocenters. The van der Waals surface area contributed by atoms with Gasteiger partial charge in [0.05, 0.1) is 0 Å². The first-order chi connectivity index (χ1) is 8.47. The number of carbonyl (C=O) groups is 2. The van der Waals surface area contributed by atoms with Gasteiger partial charge in [-0.2, -0.15) is 0 Å². The van der Waals surface area contributed by atoms with Gasteiger partial charge in [-0.1, -0.05) is 0 Å². The first kappa shape index (κ1) is 26.1. The number of nitrogens with zero attached hydrogens (tertiary/aromatic N) is 2. The van der Waals surface area contributed by atoms with Crippen molar-refractivity contribution in [3.63, 3.8) is 0 Å². The molecule has 15 heteroatoms. The molecule has 0 saturated carbocycles. The van der Waals surface area contributed by atoms with Gasteiger partial charge in [-0.25, -0.2) is 23.7 Å². The topological polar surface area (TPSA) is 211 Å². The molecule has 0 saturated heterocycles. The maximum atomic E-state index is 9.10. The molecule has 0 aliphatic rings. The smallest absolute Gasteiger partial charge is 0.466 e. The minimum absolute atomic E-state index is 1.17. The second-order valence-corrected chi connectivity index (χ2v) is 2.93. The van der Waals surface area contributed by atoms with Gasteiger partial charge in [0.15, 0.2) is 0 Å². The van der Waals surface area contributed by atoms with Crippen LogP contribution in [0.15, 0.2) is 8.80 Å². The molecule has 5 N–H and O–H groups in total. The Kier molecular flexibility index (Phi) is 26.0. The van der Waals surface area contributed by atoms with E-state index < -0.39 is 19.8 Å². The van der Waals surface area contributed by atoms with Crippen LogP contribution in [0.1, 0.15) is 0 Å². The lowest BCUT2D eigenvalue weighted by molar-refractivity contribution is -0.159. The number of isocyanates is 2. The summed E-state index contributed by atoms with van der Waals surface area (Å²) in [6.07, 6.45) is 2.34. The van der Waals surface area contributed by atoms with Gasteiger partial charge in [0.25, 0.3) is 0 Å². The highest BCUT2D eigenvalue weighted by atomic mass is 32.1. The van der Waals surface area contributed by atoms with Crippen LogP contribution in [0.4, 0.5) is 0 Å². The molecular weight excluding hydrogens is 331 g/mol. The summed E-state index contributed by atoms with van der Waals surface area (Å²) in [5.41, 5.74) is 0. The van der Waals surface area contributed by atoms with E-state index in [1.54, 1.807) is 0 Å². The van der Waals surface area contributed by atoms with Gasteiger partial charge in [0.2, 0.25) is 12.2 Å². The zero-order valence-electron chi connectivity index (χ0n) is 8.51. The van der Waals surface area contributed by atoms with E-state index in [1.807, 2.05) is 0 Å². The van der Waals surface area contributed by atoms with Gasteiger partial charge in [-0.15, -0.1) is 8.80 Å². The van der Waals surface area contributed by atoms with Crippen LogP contribution in [0.3, 0.4) is 0 Å². The Morgan fingerprint density at radius 1 is 0.895 bits per heavy atom. The van der Waals surface area contributed by atoms with Crippen molar-refractivity contribution in [1.29, 1.82) is 0 Å². The molecule has 0 aromatic heterocycles. The van der Waals surface area contributed by atoms with Gasteiger partial charge in [-0.3, -0.25) is 0 Å². The van der Waals surface area contributed by atoms with E-state index in [0.717, 1.165) is 0 Å². The van der Waals surface area contributed by atoms with Gasteiger partial charge in [0.1, 0.15) is 0 Å². The van der Waals surface area contributed by atoms with Crippen molar-refractivity contribution >= 4 is 57.6 Å². The van der Waals surface area contributed by atoms with Gasteiger partial charge < -0.3 is 24.9 Å². The normalized spacial score (nSPS) is 7.21. The second-order valence-electron chi connectivity index (χ2n) is 1.51. The Balaban J connectivity index is -0.0000000803. The number of hydrogen-bond acceptors (Lipinski definition) is 9. The van der Waals surface area contributed by atoms with E-state index in [9.17, 15) is 0 Å². The van der Waals surface area contributed by atoms with E-state index in [4.69, 9.17) is 48.6 Å². The van der Waals surface area contributed by atoms with E-state index in [2.05, 4.69) is 34.4 Å². The lowest BCUT2D eigenvalue weighted by atomic mass is 10.7. The third kappa shape index (κ3) is 171. The maximum absolute atomic E-state index is 9.10. The zero-order valence-corrected chi connectivity index (χ0v) is 11.2. The summed E-state index contributed by atoms with van der Waals surface area (Å²) in [6.45, 7) is 0. The van der Waals surface area contributed by atoms with Crippen molar-refractivity contribution in [3.05, 3.63) is 0 Å². The summed E-state index contributed by atoms with van der Waals surface area (Å²) in [6, 6.07) is 0.